The standard InChI is InChI=1S/C13H20N2O5S/c1-15(2)21(17,18)12-6-4-11(5-7-12)20-9-8-14-13(16)10-19-3/h4-7H,8-10H2,1-3H3,(H,14,16). The zero-order valence-corrected chi connectivity index (χ0v) is 13.1. The quantitative estimate of drug-likeness (QED) is 0.687. The van der Waals surface area contributed by atoms with Crippen molar-refractivity contribution in [2.24, 2.45) is 0 Å². The Morgan fingerprint density at radius 3 is 2.38 bits per heavy atom. The van der Waals surface area contributed by atoms with Crippen molar-refractivity contribution in [2.75, 3.05) is 41.0 Å². The molecule has 1 rings (SSSR count). The molecule has 0 fully saturated rings. The van der Waals surface area contributed by atoms with Gasteiger partial charge in [-0.25, -0.2) is 12.7 Å². The highest BCUT2D eigenvalue weighted by atomic mass is 32.2. The van der Waals surface area contributed by atoms with E-state index < -0.39 is 10.0 Å². The largest absolute Gasteiger partial charge is 0.492 e. The van der Waals surface area contributed by atoms with E-state index in [9.17, 15) is 13.2 Å². The number of carbonyl (C=O) groups excluding carboxylic acids is 1. The van der Waals surface area contributed by atoms with Crippen LogP contribution in [0.25, 0.3) is 0 Å². The summed E-state index contributed by atoms with van der Waals surface area (Å²) >= 11 is 0. The number of sulfonamides is 1. The topological polar surface area (TPSA) is 84.9 Å². The molecule has 0 unspecified atom stereocenters. The molecule has 0 aliphatic carbocycles. The highest BCUT2D eigenvalue weighted by Gasteiger charge is 2.16. The lowest BCUT2D eigenvalue weighted by atomic mass is 10.3. The smallest absolute Gasteiger partial charge is 0.246 e. The van der Waals surface area contributed by atoms with Crippen LogP contribution in [0.5, 0.6) is 5.75 Å². The molecule has 0 heterocycles. The van der Waals surface area contributed by atoms with Gasteiger partial charge in [0.05, 0.1) is 11.4 Å². The molecule has 0 saturated carbocycles. The Bertz CT molecular complexity index is 554. The lowest BCUT2D eigenvalue weighted by Crippen LogP contribution is -2.30. The number of nitrogens with one attached hydrogen (secondary N) is 1. The third kappa shape index (κ3) is 5.33. The second kappa shape index (κ2) is 7.96. The van der Waals surface area contributed by atoms with E-state index in [-0.39, 0.29) is 24.0 Å². The molecular formula is C13H20N2O5S. The fourth-order valence-electron chi connectivity index (χ4n) is 1.46. The van der Waals surface area contributed by atoms with Gasteiger partial charge in [-0.3, -0.25) is 4.79 Å². The van der Waals surface area contributed by atoms with Crippen LogP contribution in [0.3, 0.4) is 0 Å². The first-order chi connectivity index (χ1) is 9.87. The third-order valence-corrected chi connectivity index (χ3v) is 4.40. The minimum absolute atomic E-state index is 0.0110. The van der Waals surface area contributed by atoms with Crippen molar-refractivity contribution in [1.29, 1.82) is 0 Å². The first-order valence-corrected chi connectivity index (χ1v) is 7.73. The van der Waals surface area contributed by atoms with E-state index in [0.29, 0.717) is 12.3 Å². The van der Waals surface area contributed by atoms with Gasteiger partial charge in [0.25, 0.3) is 0 Å². The molecule has 0 atom stereocenters. The molecule has 1 N–H and O–H groups in total. The molecule has 0 spiro atoms. The fourth-order valence-corrected chi connectivity index (χ4v) is 2.36. The van der Waals surface area contributed by atoms with Gasteiger partial charge in [0.15, 0.2) is 0 Å². The van der Waals surface area contributed by atoms with Crippen LogP contribution in [0.1, 0.15) is 0 Å². The van der Waals surface area contributed by atoms with Gasteiger partial charge in [-0.2, -0.15) is 0 Å². The van der Waals surface area contributed by atoms with E-state index in [4.69, 9.17) is 4.74 Å². The summed E-state index contributed by atoms with van der Waals surface area (Å²) in [5, 5.41) is 2.61. The van der Waals surface area contributed by atoms with Gasteiger partial charge in [-0.15, -0.1) is 0 Å². The third-order valence-electron chi connectivity index (χ3n) is 2.57. The molecule has 0 bridgehead atoms. The van der Waals surface area contributed by atoms with Crippen LogP contribution in [-0.2, 0) is 19.6 Å². The van der Waals surface area contributed by atoms with Crippen molar-refractivity contribution in [3.63, 3.8) is 0 Å². The number of ether oxygens (including phenoxy) is 2. The maximum absolute atomic E-state index is 11.9. The molecule has 0 aliphatic rings. The lowest BCUT2D eigenvalue weighted by molar-refractivity contribution is -0.124. The van der Waals surface area contributed by atoms with Gasteiger partial charge in [0, 0.05) is 21.2 Å². The van der Waals surface area contributed by atoms with Crippen molar-refractivity contribution in [2.45, 2.75) is 4.90 Å². The van der Waals surface area contributed by atoms with E-state index in [2.05, 4.69) is 10.1 Å². The minimum Gasteiger partial charge on any atom is -0.492 e. The van der Waals surface area contributed by atoms with Gasteiger partial charge in [0.1, 0.15) is 19.0 Å². The molecule has 21 heavy (non-hydrogen) atoms. The predicted molar refractivity (Wildman–Crippen MR) is 77.7 cm³/mol. The number of nitrogens with zero attached hydrogens (tertiary/aromatic N) is 1. The Balaban J connectivity index is 2.47. The lowest BCUT2D eigenvalue weighted by Gasteiger charge is -2.12. The first-order valence-electron chi connectivity index (χ1n) is 6.29. The zero-order valence-electron chi connectivity index (χ0n) is 12.3. The predicted octanol–water partition coefficient (Wildman–Crippen LogP) is 0.0783. The number of carbonyl (C=O) groups is 1. The van der Waals surface area contributed by atoms with Crippen molar-refractivity contribution in [3.05, 3.63) is 24.3 Å². The monoisotopic (exact) mass is 316 g/mol. The van der Waals surface area contributed by atoms with Crippen LogP contribution in [0, 0.1) is 0 Å². The van der Waals surface area contributed by atoms with Gasteiger partial charge < -0.3 is 14.8 Å². The molecule has 1 aromatic carbocycles. The first kappa shape index (κ1) is 17.4. The number of benzene rings is 1. The fraction of sp³-hybridized carbons (Fsp3) is 0.462. The Morgan fingerprint density at radius 2 is 1.86 bits per heavy atom. The summed E-state index contributed by atoms with van der Waals surface area (Å²) in [5.41, 5.74) is 0. The highest BCUT2D eigenvalue weighted by Crippen LogP contribution is 2.17. The average Bonchev–Trinajstić information content (AvgIpc) is 2.44. The van der Waals surface area contributed by atoms with E-state index in [0.717, 1.165) is 4.31 Å². The van der Waals surface area contributed by atoms with Crippen LogP contribution in [-0.4, -0.2) is 59.6 Å². The molecule has 0 aromatic heterocycles. The summed E-state index contributed by atoms with van der Waals surface area (Å²) in [6.45, 7) is 0.645. The van der Waals surface area contributed by atoms with E-state index in [1.165, 1.54) is 33.3 Å². The normalized spacial score (nSPS) is 11.4. The Hall–Kier alpha value is -1.64. The van der Waals surface area contributed by atoms with Gasteiger partial charge in [-0.05, 0) is 24.3 Å². The number of amides is 1. The van der Waals surface area contributed by atoms with E-state index >= 15 is 0 Å². The minimum atomic E-state index is -3.43. The van der Waals surface area contributed by atoms with Crippen molar-refractivity contribution in [1.82, 2.24) is 9.62 Å². The Kier molecular flexibility index (Phi) is 6.60. The number of rotatable bonds is 8. The molecule has 0 saturated heterocycles. The molecule has 8 heteroatoms. The molecule has 118 valence electrons. The molecule has 1 aromatic rings. The SMILES string of the molecule is COCC(=O)NCCOc1ccc(S(=O)(=O)N(C)C)cc1. The molecular weight excluding hydrogens is 296 g/mol. The molecule has 7 nitrogen and oxygen atoms in total. The summed E-state index contributed by atoms with van der Waals surface area (Å²) in [6, 6.07) is 6.11. The Labute approximate surface area is 124 Å². The second-order valence-electron chi connectivity index (χ2n) is 4.39. The maximum atomic E-state index is 11.9. The van der Waals surface area contributed by atoms with Crippen LogP contribution in [0.15, 0.2) is 29.2 Å². The summed E-state index contributed by atoms with van der Waals surface area (Å²) < 4.78 is 34.9. The van der Waals surface area contributed by atoms with Crippen molar-refractivity contribution < 1.29 is 22.7 Å². The summed E-state index contributed by atoms with van der Waals surface area (Å²) in [4.78, 5) is 11.3. The van der Waals surface area contributed by atoms with Crippen molar-refractivity contribution >= 4 is 15.9 Å². The van der Waals surface area contributed by atoms with Crippen LogP contribution in [0.2, 0.25) is 0 Å². The second-order valence-corrected chi connectivity index (χ2v) is 6.54. The van der Waals surface area contributed by atoms with Gasteiger partial charge >= 0.3 is 0 Å². The van der Waals surface area contributed by atoms with E-state index in [1.54, 1.807) is 12.1 Å². The Morgan fingerprint density at radius 1 is 1.24 bits per heavy atom. The number of methoxy groups -OCH3 is 1. The molecule has 0 radical (unpaired) electrons. The van der Waals surface area contributed by atoms with Crippen LogP contribution >= 0.6 is 0 Å². The van der Waals surface area contributed by atoms with E-state index in [1.807, 2.05) is 0 Å². The molecule has 0 aliphatic heterocycles. The molecule has 1 amide bonds. The number of hydrogen-bond acceptors (Lipinski definition) is 5. The summed E-state index contributed by atoms with van der Waals surface area (Å²) in [7, 11) is 0.964. The highest BCUT2D eigenvalue weighted by molar-refractivity contribution is 7.89. The van der Waals surface area contributed by atoms with Crippen molar-refractivity contribution in [3.8, 4) is 5.75 Å². The zero-order chi connectivity index (χ0) is 15.9. The summed E-state index contributed by atoms with van der Waals surface area (Å²) in [6.07, 6.45) is 0. The van der Waals surface area contributed by atoms with Crippen LogP contribution < -0.4 is 10.1 Å². The van der Waals surface area contributed by atoms with Gasteiger partial charge in [-0.1, -0.05) is 0 Å². The number of hydrogen-bond donors (Lipinski definition) is 1. The van der Waals surface area contributed by atoms with Gasteiger partial charge in [0.2, 0.25) is 15.9 Å². The summed E-state index contributed by atoms with van der Waals surface area (Å²) in [5.74, 6) is 0.322. The average molecular weight is 316 g/mol. The van der Waals surface area contributed by atoms with Crippen LogP contribution in [0.4, 0.5) is 0 Å². The maximum Gasteiger partial charge on any atom is 0.246 e.